The minimum absolute atomic E-state index is 0.294. The van der Waals surface area contributed by atoms with Gasteiger partial charge in [-0.25, -0.2) is 4.79 Å². The van der Waals surface area contributed by atoms with Gasteiger partial charge in [-0.3, -0.25) is 14.5 Å². The number of rotatable bonds is 6. The largest absolute Gasteiger partial charge is 0.462 e. The van der Waals surface area contributed by atoms with Crippen LogP contribution in [0.4, 0.5) is 5.69 Å². The van der Waals surface area contributed by atoms with Crippen LogP contribution in [0.1, 0.15) is 17.3 Å². The molecule has 1 aromatic carbocycles. The lowest BCUT2D eigenvalue weighted by Crippen LogP contribution is -2.43. The molecule has 1 aliphatic heterocycles. The van der Waals surface area contributed by atoms with E-state index in [2.05, 4.69) is 15.5 Å². The highest BCUT2D eigenvalue weighted by molar-refractivity contribution is 6.39. The highest BCUT2D eigenvalue weighted by Crippen LogP contribution is 2.10. The highest BCUT2D eigenvalue weighted by Gasteiger charge is 2.15. The number of ether oxygens (including phenoxy) is 2. The number of amides is 2. The molecular formula is C17H23N3O5. The van der Waals surface area contributed by atoms with Crippen molar-refractivity contribution in [1.29, 1.82) is 0 Å². The van der Waals surface area contributed by atoms with Crippen LogP contribution < -0.4 is 10.6 Å². The summed E-state index contributed by atoms with van der Waals surface area (Å²) in [5.74, 6) is -1.87. The van der Waals surface area contributed by atoms with Crippen LogP contribution in [0.25, 0.3) is 0 Å². The summed E-state index contributed by atoms with van der Waals surface area (Å²) >= 11 is 0. The maximum atomic E-state index is 11.9. The molecule has 0 radical (unpaired) electrons. The highest BCUT2D eigenvalue weighted by atomic mass is 16.5. The molecule has 1 heterocycles. The summed E-state index contributed by atoms with van der Waals surface area (Å²) in [6, 6.07) is 6.16. The van der Waals surface area contributed by atoms with Gasteiger partial charge in [0.25, 0.3) is 0 Å². The van der Waals surface area contributed by atoms with Gasteiger partial charge in [-0.1, -0.05) is 0 Å². The summed E-state index contributed by atoms with van der Waals surface area (Å²) in [6.45, 7) is 6.13. The van der Waals surface area contributed by atoms with Crippen molar-refractivity contribution >= 4 is 23.5 Å². The zero-order valence-electron chi connectivity index (χ0n) is 14.2. The number of hydrogen-bond donors (Lipinski definition) is 2. The van der Waals surface area contributed by atoms with E-state index in [1.54, 1.807) is 19.1 Å². The van der Waals surface area contributed by atoms with Crippen molar-refractivity contribution in [2.45, 2.75) is 6.92 Å². The Hall–Kier alpha value is -2.45. The van der Waals surface area contributed by atoms with Gasteiger partial charge in [0.2, 0.25) is 0 Å². The lowest BCUT2D eigenvalue weighted by Gasteiger charge is -2.26. The lowest BCUT2D eigenvalue weighted by atomic mass is 10.2. The molecule has 8 nitrogen and oxygen atoms in total. The third-order valence-corrected chi connectivity index (χ3v) is 3.68. The number of morpholine rings is 1. The first-order chi connectivity index (χ1) is 12.1. The van der Waals surface area contributed by atoms with E-state index in [1.165, 1.54) is 12.1 Å². The van der Waals surface area contributed by atoms with Gasteiger partial charge in [-0.15, -0.1) is 0 Å². The molecule has 2 rings (SSSR count). The molecule has 0 spiro atoms. The Morgan fingerprint density at radius 1 is 1.12 bits per heavy atom. The quantitative estimate of drug-likeness (QED) is 0.564. The van der Waals surface area contributed by atoms with Gasteiger partial charge in [-0.05, 0) is 31.2 Å². The first-order valence-corrected chi connectivity index (χ1v) is 8.26. The topological polar surface area (TPSA) is 97.0 Å². The van der Waals surface area contributed by atoms with Crippen molar-refractivity contribution in [2.75, 3.05) is 51.3 Å². The maximum Gasteiger partial charge on any atom is 0.338 e. The van der Waals surface area contributed by atoms with Crippen molar-refractivity contribution in [2.24, 2.45) is 0 Å². The lowest BCUT2D eigenvalue weighted by molar-refractivity contribution is -0.136. The van der Waals surface area contributed by atoms with Gasteiger partial charge in [0.1, 0.15) is 0 Å². The first-order valence-electron chi connectivity index (χ1n) is 8.26. The molecule has 1 fully saturated rings. The van der Waals surface area contributed by atoms with Gasteiger partial charge < -0.3 is 20.1 Å². The Kier molecular flexibility index (Phi) is 7.36. The second-order valence-electron chi connectivity index (χ2n) is 5.46. The van der Waals surface area contributed by atoms with Crippen molar-refractivity contribution in [3.63, 3.8) is 0 Å². The van der Waals surface area contributed by atoms with E-state index in [1.807, 2.05) is 0 Å². The Morgan fingerprint density at radius 2 is 1.80 bits per heavy atom. The van der Waals surface area contributed by atoms with Crippen LogP contribution in [0.15, 0.2) is 24.3 Å². The molecule has 0 unspecified atom stereocenters. The Morgan fingerprint density at radius 3 is 2.44 bits per heavy atom. The normalized spacial score (nSPS) is 14.6. The van der Waals surface area contributed by atoms with Crippen LogP contribution >= 0.6 is 0 Å². The third kappa shape index (κ3) is 6.17. The summed E-state index contributed by atoms with van der Waals surface area (Å²) in [6.07, 6.45) is 0. The van der Waals surface area contributed by atoms with Crippen LogP contribution in [-0.2, 0) is 19.1 Å². The van der Waals surface area contributed by atoms with Crippen LogP contribution in [-0.4, -0.2) is 68.7 Å². The van der Waals surface area contributed by atoms with Gasteiger partial charge in [-0.2, -0.15) is 0 Å². The van der Waals surface area contributed by atoms with Crippen LogP contribution in [0, 0.1) is 0 Å². The van der Waals surface area contributed by atoms with Gasteiger partial charge in [0.05, 0.1) is 25.4 Å². The Balaban J connectivity index is 1.74. The summed E-state index contributed by atoms with van der Waals surface area (Å²) in [5.41, 5.74) is 0.816. The standard InChI is InChI=1S/C17H23N3O5/c1-2-25-17(23)13-3-5-14(6-4-13)19-16(22)15(21)18-7-8-20-9-11-24-12-10-20/h3-6H,2,7-12H2,1H3,(H,18,21)(H,19,22). The molecule has 2 amide bonds. The molecule has 0 saturated carbocycles. The summed E-state index contributed by atoms with van der Waals surface area (Å²) < 4.78 is 10.1. The van der Waals surface area contributed by atoms with E-state index in [9.17, 15) is 14.4 Å². The fourth-order valence-corrected chi connectivity index (χ4v) is 2.32. The molecule has 0 aromatic heterocycles. The summed E-state index contributed by atoms with van der Waals surface area (Å²) in [5, 5.41) is 5.08. The fraction of sp³-hybridized carbons (Fsp3) is 0.471. The SMILES string of the molecule is CCOC(=O)c1ccc(NC(=O)C(=O)NCCN2CCOCC2)cc1. The van der Waals surface area contributed by atoms with Gasteiger partial charge in [0.15, 0.2) is 0 Å². The van der Waals surface area contributed by atoms with E-state index >= 15 is 0 Å². The number of benzene rings is 1. The van der Waals surface area contributed by atoms with Gasteiger partial charge >= 0.3 is 17.8 Å². The first kappa shape index (κ1) is 18.9. The average molecular weight is 349 g/mol. The molecule has 1 aliphatic rings. The smallest absolute Gasteiger partial charge is 0.338 e. The Labute approximate surface area is 146 Å². The van der Waals surface area contributed by atoms with E-state index in [4.69, 9.17) is 9.47 Å². The van der Waals surface area contributed by atoms with Crippen molar-refractivity contribution in [3.05, 3.63) is 29.8 Å². The second-order valence-corrected chi connectivity index (χ2v) is 5.46. The number of nitrogens with zero attached hydrogens (tertiary/aromatic N) is 1. The average Bonchev–Trinajstić information content (AvgIpc) is 2.63. The molecular weight excluding hydrogens is 326 g/mol. The molecule has 2 N–H and O–H groups in total. The molecule has 25 heavy (non-hydrogen) atoms. The van der Waals surface area contributed by atoms with Crippen molar-refractivity contribution < 1.29 is 23.9 Å². The van der Waals surface area contributed by atoms with Gasteiger partial charge in [0, 0.05) is 31.9 Å². The monoisotopic (exact) mass is 349 g/mol. The van der Waals surface area contributed by atoms with Crippen molar-refractivity contribution in [1.82, 2.24) is 10.2 Å². The number of carbonyl (C=O) groups excluding carboxylic acids is 3. The second kappa shape index (κ2) is 9.75. The molecule has 136 valence electrons. The van der Waals surface area contributed by atoms with E-state index in [-0.39, 0.29) is 0 Å². The zero-order chi connectivity index (χ0) is 18.1. The number of carbonyl (C=O) groups is 3. The van der Waals surface area contributed by atoms with E-state index in [0.29, 0.717) is 44.2 Å². The van der Waals surface area contributed by atoms with Crippen LogP contribution in [0.2, 0.25) is 0 Å². The van der Waals surface area contributed by atoms with Crippen molar-refractivity contribution in [3.8, 4) is 0 Å². The predicted octanol–water partition coefficient (Wildman–Crippen LogP) is 0.250. The molecule has 1 aromatic rings. The number of esters is 1. The molecule has 0 bridgehead atoms. The van der Waals surface area contributed by atoms with Crippen LogP contribution in [0.3, 0.4) is 0 Å². The molecule has 8 heteroatoms. The molecule has 0 atom stereocenters. The number of nitrogens with one attached hydrogen (secondary N) is 2. The van der Waals surface area contributed by atoms with E-state index in [0.717, 1.165) is 13.1 Å². The minimum atomic E-state index is -0.745. The van der Waals surface area contributed by atoms with E-state index < -0.39 is 17.8 Å². The number of hydrogen-bond acceptors (Lipinski definition) is 6. The zero-order valence-corrected chi connectivity index (χ0v) is 14.2. The number of anilines is 1. The fourth-order valence-electron chi connectivity index (χ4n) is 2.32. The summed E-state index contributed by atoms with van der Waals surface area (Å²) in [4.78, 5) is 37.4. The maximum absolute atomic E-state index is 11.9. The molecule has 1 saturated heterocycles. The van der Waals surface area contributed by atoms with Crippen LogP contribution in [0.5, 0.6) is 0 Å². The molecule has 0 aliphatic carbocycles. The minimum Gasteiger partial charge on any atom is -0.462 e. The predicted molar refractivity (Wildman–Crippen MR) is 91.3 cm³/mol. The third-order valence-electron chi connectivity index (χ3n) is 3.68. The summed E-state index contributed by atoms with van der Waals surface area (Å²) in [7, 11) is 0. The Bertz CT molecular complexity index is 597.